The standard InChI is InChI=1S/C14H25N3O2/c1-16-7-8-19-13(10-16)14(18)17(12-4-5-12)9-11-3-2-6-15-11/h11-13,15H,2-10H2,1H3/t11-,13+/m0/s1. The summed E-state index contributed by atoms with van der Waals surface area (Å²) in [5, 5.41) is 3.49. The number of nitrogens with one attached hydrogen (secondary N) is 1. The van der Waals surface area contributed by atoms with E-state index in [1.165, 1.54) is 25.7 Å². The van der Waals surface area contributed by atoms with Gasteiger partial charge < -0.3 is 19.9 Å². The molecule has 0 radical (unpaired) electrons. The lowest BCUT2D eigenvalue weighted by Gasteiger charge is -2.34. The van der Waals surface area contributed by atoms with Crippen molar-refractivity contribution in [2.24, 2.45) is 0 Å². The van der Waals surface area contributed by atoms with E-state index in [0.717, 1.165) is 26.2 Å². The van der Waals surface area contributed by atoms with Crippen LogP contribution in [0, 0.1) is 0 Å². The molecule has 108 valence electrons. The highest BCUT2D eigenvalue weighted by atomic mass is 16.5. The quantitative estimate of drug-likeness (QED) is 0.782. The monoisotopic (exact) mass is 267 g/mol. The molecule has 2 heterocycles. The summed E-state index contributed by atoms with van der Waals surface area (Å²) >= 11 is 0. The first-order chi connectivity index (χ1) is 9.24. The second kappa shape index (κ2) is 5.77. The summed E-state index contributed by atoms with van der Waals surface area (Å²) in [6.07, 6.45) is 4.52. The highest BCUT2D eigenvalue weighted by molar-refractivity contribution is 5.82. The fourth-order valence-corrected chi connectivity index (χ4v) is 3.07. The van der Waals surface area contributed by atoms with Gasteiger partial charge in [-0.3, -0.25) is 4.79 Å². The Morgan fingerprint density at radius 3 is 2.89 bits per heavy atom. The number of hydrogen-bond acceptors (Lipinski definition) is 4. The fraction of sp³-hybridized carbons (Fsp3) is 0.929. The Kier molecular flexibility index (Phi) is 4.05. The minimum Gasteiger partial charge on any atom is -0.366 e. The minimum absolute atomic E-state index is 0.211. The summed E-state index contributed by atoms with van der Waals surface area (Å²) in [6.45, 7) is 4.30. The first-order valence-corrected chi connectivity index (χ1v) is 7.58. The number of likely N-dealkylation sites (N-methyl/N-ethyl adjacent to an activating group) is 1. The lowest BCUT2D eigenvalue weighted by molar-refractivity contribution is -0.149. The largest absolute Gasteiger partial charge is 0.366 e. The van der Waals surface area contributed by atoms with Crippen LogP contribution in [0.3, 0.4) is 0 Å². The van der Waals surface area contributed by atoms with Gasteiger partial charge in [-0.1, -0.05) is 0 Å². The van der Waals surface area contributed by atoms with Crippen LogP contribution in [-0.2, 0) is 9.53 Å². The van der Waals surface area contributed by atoms with Crippen molar-refractivity contribution in [3.05, 3.63) is 0 Å². The number of hydrogen-bond donors (Lipinski definition) is 1. The van der Waals surface area contributed by atoms with Gasteiger partial charge in [0.05, 0.1) is 6.61 Å². The summed E-state index contributed by atoms with van der Waals surface area (Å²) < 4.78 is 5.68. The van der Waals surface area contributed by atoms with E-state index in [1.807, 2.05) is 0 Å². The zero-order valence-electron chi connectivity index (χ0n) is 11.8. The van der Waals surface area contributed by atoms with Crippen LogP contribution in [0.15, 0.2) is 0 Å². The summed E-state index contributed by atoms with van der Waals surface area (Å²) in [6, 6.07) is 0.969. The lowest BCUT2D eigenvalue weighted by atomic mass is 10.2. The van der Waals surface area contributed by atoms with Crippen LogP contribution in [0.5, 0.6) is 0 Å². The van der Waals surface area contributed by atoms with Crippen molar-refractivity contribution in [2.75, 3.05) is 39.8 Å². The predicted octanol–water partition coefficient (Wildman–Crippen LogP) is 0.0600. The van der Waals surface area contributed by atoms with Crippen LogP contribution < -0.4 is 5.32 Å². The molecule has 0 aromatic heterocycles. The van der Waals surface area contributed by atoms with Crippen LogP contribution in [0.4, 0.5) is 0 Å². The van der Waals surface area contributed by atoms with Gasteiger partial charge in [0.2, 0.25) is 0 Å². The molecule has 1 aliphatic carbocycles. The predicted molar refractivity (Wildman–Crippen MR) is 73.0 cm³/mol. The third kappa shape index (κ3) is 3.27. The Morgan fingerprint density at radius 2 is 2.26 bits per heavy atom. The van der Waals surface area contributed by atoms with Gasteiger partial charge in [0.25, 0.3) is 5.91 Å². The Hall–Kier alpha value is -0.650. The van der Waals surface area contributed by atoms with Gasteiger partial charge in [-0.25, -0.2) is 0 Å². The van der Waals surface area contributed by atoms with E-state index >= 15 is 0 Å². The first-order valence-electron chi connectivity index (χ1n) is 7.58. The average molecular weight is 267 g/mol. The maximum atomic E-state index is 12.7. The third-order valence-electron chi connectivity index (χ3n) is 4.40. The van der Waals surface area contributed by atoms with Crippen LogP contribution in [0.25, 0.3) is 0 Å². The van der Waals surface area contributed by atoms with Crippen molar-refractivity contribution >= 4 is 5.91 Å². The number of carbonyl (C=O) groups is 1. The maximum Gasteiger partial charge on any atom is 0.253 e. The molecule has 0 aromatic carbocycles. The molecule has 5 nitrogen and oxygen atoms in total. The van der Waals surface area contributed by atoms with Crippen LogP contribution in [0.2, 0.25) is 0 Å². The molecule has 3 rings (SSSR count). The zero-order chi connectivity index (χ0) is 13.2. The van der Waals surface area contributed by atoms with Crippen molar-refractivity contribution in [3.8, 4) is 0 Å². The number of morpholine rings is 1. The van der Waals surface area contributed by atoms with Crippen molar-refractivity contribution < 1.29 is 9.53 Å². The van der Waals surface area contributed by atoms with Gasteiger partial charge in [0, 0.05) is 31.7 Å². The zero-order valence-corrected chi connectivity index (χ0v) is 11.8. The van der Waals surface area contributed by atoms with E-state index in [1.54, 1.807) is 0 Å². The summed E-state index contributed by atoms with van der Waals surface area (Å²) in [4.78, 5) is 16.9. The van der Waals surface area contributed by atoms with E-state index in [-0.39, 0.29) is 12.0 Å². The Morgan fingerprint density at radius 1 is 1.42 bits per heavy atom. The van der Waals surface area contributed by atoms with Crippen LogP contribution >= 0.6 is 0 Å². The molecule has 0 spiro atoms. The molecule has 1 saturated carbocycles. The minimum atomic E-state index is -0.249. The van der Waals surface area contributed by atoms with Gasteiger partial charge in [-0.15, -0.1) is 0 Å². The molecule has 2 atom stereocenters. The summed E-state index contributed by atoms with van der Waals surface area (Å²) in [5.74, 6) is 0.211. The third-order valence-corrected chi connectivity index (χ3v) is 4.40. The molecule has 2 aliphatic heterocycles. The number of amides is 1. The van der Waals surface area contributed by atoms with Gasteiger partial charge in [-0.2, -0.15) is 0 Å². The maximum absolute atomic E-state index is 12.7. The Balaban J connectivity index is 1.60. The second-order valence-electron chi connectivity index (χ2n) is 6.14. The molecular weight excluding hydrogens is 242 g/mol. The van der Waals surface area contributed by atoms with E-state index in [2.05, 4.69) is 22.2 Å². The van der Waals surface area contributed by atoms with Crippen molar-refractivity contribution in [3.63, 3.8) is 0 Å². The van der Waals surface area contributed by atoms with Crippen LogP contribution in [-0.4, -0.2) is 73.7 Å². The normalized spacial score (nSPS) is 32.5. The SMILES string of the molecule is CN1CCO[C@@H](C(=O)N(C[C@@H]2CCCN2)C2CC2)C1. The van der Waals surface area contributed by atoms with Gasteiger partial charge in [0.15, 0.2) is 0 Å². The van der Waals surface area contributed by atoms with Gasteiger partial charge >= 0.3 is 0 Å². The second-order valence-corrected chi connectivity index (χ2v) is 6.14. The van der Waals surface area contributed by atoms with Crippen LogP contribution in [0.1, 0.15) is 25.7 Å². The molecule has 1 N–H and O–H groups in total. The number of nitrogens with zero attached hydrogens (tertiary/aromatic N) is 2. The molecule has 0 aromatic rings. The number of ether oxygens (including phenoxy) is 1. The smallest absolute Gasteiger partial charge is 0.253 e. The topological polar surface area (TPSA) is 44.8 Å². The summed E-state index contributed by atoms with van der Waals surface area (Å²) in [5.41, 5.74) is 0. The van der Waals surface area contributed by atoms with Crippen molar-refractivity contribution in [1.82, 2.24) is 15.1 Å². The summed E-state index contributed by atoms with van der Waals surface area (Å²) in [7, 11) is 2.06. The van der Waals surface area contributed by atoms with E-state index in [4.69, 9.17) is 4.74 Å². The molecule has 0 unspecified atom stereocenters. The Bertz CT molecular complexity index is 327. The molecule has 2 saturated heterocycles. The molecular formula is C14H25N3O2. The fourth-order valence-electron chi connectivity index (χ4n) is 3.07. The molecule has 3 aliphatic rings. The number of carbonyl (C=O) groups excluding carboxylic acids is 1. The molecule has 5 heteroatoms. The highest BCUT2D eigenvalue weighted by Gasteiger charge is 2.38. The van der Waals surface area contributed by atoms with Gasteiger partial charge in [0.1, 0.15) is 6.10 Å². The van der Waals surface area contributed by atoms with E-state index in [0.29, 0.717) is 18.7 Å². The molecule has 3 fully saturated rings. The highest BCUT2D eigenvalue weighted by Crippen LogP contribution is 2.29. The van der Waals surface area contributed by atoms with Crippen molar-refractivity contribution in [1.29, 1.82) is 0 Å². The van der Waals surface area contributed by atoms with Gasteiger partial charge in [-0.05, 0) is 39.3 Å². The van der Waals surface area contributed by atoms with E-state index in [9.17, 15) is 4.79 Å². The first kappa shape index (κ1) is 13.3. The average Bonchev–Trinajstić information content (AvgIpc) is 3.12. The van der Waals surface area contributed by atoms with Crippen molar-refractivity contribution in [2.45, 2.75) is 43.9 Å². The lowest BCUT2D eigenvalue weighted by Crippen LogP contribution is -2.52. The van der Waals surface area contributed by atoms with E-state index < -0.39 is 0 Å². The molecule has 19 heavy (non-hydrogen) atoms. The molecule has 1 amide bonds. The number of rotatable bonds is 4. The Labute approximate surface area is 115 Å². The molecule has 0 bridgehead atoms.